The third-order valence-electron chi connectivity index (χ3n) is 3.85. The third-order valence-corrected chi connectivity index (χ3v) is 3.85. The summed E-state index contributed by atoms with van der Waals surface area (Å²) in [5.41, 5.74) is 1.37. The van der Waals surface area contributed by atoms with Crippen LogP contribution in [-0.2, 0) is 28.6 Å². The average Bonchev–Trinajstić information content (AvgIpc) is 2.74. The van der Waals surface area contributed by atoms with Crippen LogP contribution in [-0.4, -0.2) is 30.9 Å². The molecular formula is C18H22O6. The van der Waals surface area contributed by atoms with Crippen LogP contribution in [0.4, 0.5) is 0 Å². The van der Waals surface area contributed by atoms with E-state index in [2.05, 4.69) is 0 Å². The van der Waals surface area contributed by atoms with Gasteiger partial charge in [-0.05, 0) is 33.1 Å². The monoisotopic (exact) mass is 334 g/mol. The second-order valence-corrected chi connectivity index (χ2v) is 5.51. The lowest BCUT2D eigenvalue weighted by atomic mass is 9.88. The number of ketones is 1. The maximum absolute atomic E-state index is 12.5. The molecule has 1 aliphatic heterocycles. The molecule has 2 aliphatic rings. The minimum Gasteiger partial charge on any atom is -0.472 e. The molecule has 0 N–H and O–H groups in total. The topological polar surface area (TPSA) is 78.9 Å². The van der Waals surface area contributed by atoms with E-state index in [0.29, 0.717) is 43.3 Å². The molecule has 0 saturated carbocycles. The van der Waals surface area contributed by atoms with E-state index >= 15 is 0 Å². The summed E-state index contributed by atoms with van der Waals surface area (Å²) in [6, 6.07) is 0. The fourth-order valence-electron chi connectivity index (χ4n) is 2.75. The van der Waals surface area contributed by atoms with Gasteiger partial charge in [-0.1, -0.05) is 0 Å². The van der Waals surface area contributed by atoms with E-state index in [4.69, 9.17) is 14.2 Å². The van der Waals surface area contributed by atoms with E-state index in [1.807, 2.05) is 0 Å². The maximum atomic E-state index is 12.5. The first kappa shape index (κ1) is 18.0. The van der Waals surface area contributed by atoms with Crippen LogP contribution in [0.25, 0.3) is 0 Å². The summed E-state index contributed by atoms with van der Waals surface area (Å²) in [6.07, 6.45) is 4.95. The van der Waals surface area contributed by atoms with Gasteiger partial charge in [-0.3, -0.25) is 4.79 Å². The van der Waals surface area contributed by atoms with Crippen LogP contribution < -0.4 is 0 Å². The highest BCUT2D eigenvalue weighted by Gasteiger charge is 2.31. The molecule has 0 unspecified atom stereocenters. The normalized spacial score (nSPS) is 18.2. The SMILES string of the molecule is CCOC(=O)C1=C(C(=O)OCC)C2=COC=C1CCCC(=O)CC2. The largest absolute Gasteiger partial charge is 0.472 e. The Morgan fingerprint density at radius 2 is 1.46 bits per heavy atom. The van der Waals surface area contributed by atoms with Crippen LogP contribution in [0.1, 0.15) is 46.0 Å². The molecule has 130 valence electrons. The smallest absolute Gasteiger partial charge is 0.339 e. The van der Waals surface area contributed by atoms with Crippen molar-refractivity contribution in [3.8, 4) is 0 Å². The Balaban J connectivity index is 2.58. The van der Waals surface area contributed by atoms with Gasteiger partial charge in [-0.15, -0.1) is 0 Å². The second kappa shape index (κ2) is 8.47. The minimum absolute atomic E-state index is 0.130. The zero-order valence-corrected chi connectivity index (χ0v) is 14.1. The lowest BCUT2D eigenvalue weighted by Crippen LogP contribution is -2.20. The summed E-state index contributed by atoms with van der Waals surface area (Å²) >= 11 is 0. The zero-order valence-electron chi connectivity index (χ0n) is 14.1. The van der Waals surface area contributed by atoms with Crippen LogP contribution >= 0.6 is 0 Å². The molecule has 0 radical (unpaired) electrons. The van der Waals surface area contributed by atoms with Crippen molar-refractivity contribution in [2.24, 2.45) is 0 Å². The summed E-state index contributed by atoms with van der Waals surface area (Å²) in [7, 11) is 0. The maximum Gasteiger partial charge on any atom is 0.339 e. The van der Waals surface area contributed by atoms with Crippen molar-refractivity contribution in [2.45, 2.75) is 46.0 Å². The van der Waals surface area contributed by atoms with Crippen molar-refractivity contribution in [1.29, 1.82) is 0 Å². The molecule has 6 nitrogen and oxygen atoms in total. The van der Waals surface area contributed by atoms with Crippen molar-refractivity contribution in [1.82, 2.24) is 0 Å². The highest BCUT2D eigenvalue weighted by molar-refractivity contribution is 6.06. The van der Waals surface area contributed by atoms with E-state index in [9.17, 15) is 14.4 Å². The van der Waals surface area contributed by atoms with Crippen LogP contribution in [0.2, 0.25) is 0 Å². The fraction of sp³-hybridized carbons (Fsp3) is 0.500. The molecule has 0 aromatic heterocycles. The van der Waals surface area contributed by atoms with Gasteiger partial charge in [0.2, 0.25) is 0 Å². The number of fused-ring (bicyclic) bond motifs is 2. The highest BCUT2D eigenvalue weighted by Crippen LogP contribution is 2.33. The second-order valence-electron chi connectivity index (χ2n) is 5.51. The Bertz CT molecular complexity index is 623. The fourth-order valence-corrected chi connectivity index (χ4v) is 2.75. The first-order valence-electron chi connectivity index (χ1n) is 8.23. The molecule has 0 fully saturated rings. The Morgan fingerprint density at radius 3 is 2.00 bits per heavy atom. The van der Waals surface area contributed by atoms with E-state index in [1.165, 1.54) is 12.5 Å². The van der Waals surface area contributed by atoms with Crippen molar-refractivity contribution in [2.75, 3.05) is 13.2 Å². The number of carbonyl (C=O) groups excluding carboxylic acids is 3. The van der Waals surface area contributed by atoms with Gasteiger partial charge < -0.3 is 14.2 Å². The molecule has 2 rings (SSSR count). The Kier molecular flexibility index (Phi) is 6.35. The zero-order chi connectivity index (χ0) is 17.5. The minimum atomic E-state index is -0.601. The van der Waals surface area contributed by atoms with Gasteiger partial charge in [0.05, 0.1) is 36.9 Å². The first-order valence-corrected chi connectivity index (χ1v) is 8.23. The van der Waals surface area contributed by atoms with E-state index in [0.717, 1.165) is 0 Å². The number of carbonyl (C=O) groups is 3. The Hall–Kier alpha value is -2.37. The van der Waals surface area contributed by atoms with Crippen molar-refractivity contribution in [3.05, 3.63) is 34.8 Å². The molecule has 0 saturated heterocycles. The molecule has 0 amide bonds. The van der Waals surface area contributed by atoms with E-state index < -0.39 is 11.9 Å². The van der Waals surface area contributed by atoms with Gasteiger partial charge in [-0.2, -0.15) is 0 Å². The average molecular weight is 334 g/mol. The number of hydrogen-bond acceptors (Lipinski definition) is 6. The van der Waals surface area contributed by atoms with Gasteiger partial charge in [0.25, 0.3) is 0 Å². The summed E-state index contributed by atoms with van der Waals surface area (Å²) in [4.78, 5) is 36.9. The summed E-state index contributed by atoms with van der Waals surface area (Å²) in [6.45, 7) is 3.79. The van der Waals surface area contributed by atoms with Gasteiger partial charge >= 0.3 is 11.9 Å². The lowest BCUT2D eigenvalue weighted by molar-refractivity contribution is -0.141. The van der Waals surface area contributed by atoms with Crippen LogP contribution in [0.3, 0.4) is 0 Å². The predicted octanol–water partition coefficient (Wildman–Crippen LogP) is 2.74. The first-order chi connectivity index (χ1) is 11.6. The predicted molar refractivity (Wildman–Crippen MR) is 85.6 cm³/mol. The Morgan fingerprint density at radius 1 is 0.917 bits per heavy atom. The molecule has 1 heterocycles. The van der Waals surface area contributed by atoms with Crippen molar-refractivity contribution in [3.63, 3.8) is 0 Å². The van der Waals surface area contributed by atoms with Gasteiger partial charge in [0, 0.05) is 24.0 Å². The van der Waals surface area contributed by atoms with Crippen LogP contribution in [0, 0.1) is 0 Å². The lowest BCUT2D eigenvalue weighted by Gasteiger charge is -2.17. The summed E-state index contributed by atoms with van der Waals surface area (Å²) in [5.74, 6) is -1.05. The third kappa shape index (κ3) is 4.13. The number of Topliss-reactive ketones (excluding diaryl/α,β-unsaturated/α-hetero) is 1. The molecule has 24 heavy (non-hydrogen) atoms. The van der Waals surface area contributed by atoms with Crippen LogP contribution in [0.5, 0.6) is 0 Å². The van der Waals surface area contributed by atoms with Gasteiger partial charge in [-0.25, -0.2) is 9.59 Å². The van der Waals surface area contributed by atoms with Crippen LogP contribution in [0.15, 0.2) is 34.8 Å². The molecule has 0 aromatic carbocycles. The standard InChI is InChI=1S/C18H22O6/c1-3-23-17(20)15-12-6-5-7-14(19)9-8-13(11-22-10-12)16(15)18(21)24-4-2/h10-11H,3-9H2,1-2H3. The molecule has 2 bridgehead atoms. The number of hydrogen-bond donors (Lipinski definition) is 0. The molecule has 1 aliphatic carbocycles. The number of ether oxygens (including phenoxy) is 3. The quantitative estimate of drug-likeness (QED) is 0.736. The summed E-state index contributed by atoms with van der Waals surface area (Å²) < 4.78 is 15.7. The van der Waals surface area contributed by atoms with Gasteiger partial charge in [0.1, 0.15) is 5.78 Å². The van der Waals surface area contributed by atoms with Gasteiger partial charge in [0.15, 0.2) is 0 Å². The Labute approximate surface area is 141 Å². The summed E-state index contributed by atoms with van der Waals surface area (Å²) in [5, 5.41) is 0. The molecule has 0 atom stereocenters. The van der Waals surface area contributed by atoms with E-state index in [-0.39, 0.29) is 30.1 Å². The molecular weight excluding hydrogens is 312 g/mol. The number of rotatable bonds is 4. The van der Waals surface area contributed by atoms with E-state index in [1.54, 1.807) is 13.8 Å². The molecule has 0 spiro atoms. The molecule has 6 heteroatoms. The highest BCUT2D eigenvalue weighted by atomic mass is 16.5. The van der Waals surface area contributed by atoms with Crippen molar-refractivity contribution < 1.29 is 28.6 Å². The van der Waals surface area contributed by atoms with Crippen molar-refractivity contribution >= 4 is 17.7 Å². The number of esters is 2. The molecule has 0 aromatic rings.